The molecule has 0 saturated carbocycles. The number of anilines is 1. The number of halogens is 1. The van der Waals surface area contributed by atoms with Crippen LogP contribution in [0.3, 0.4) is 0 Å². The van der Waals surface area contributed by atoms with Gasteiger partial charge in [-0.1, -0.05) is 35.9 Å². The maximum atomic E-state index is 12.4. The van der Waals surface area contributed by atoms with Crippen LogP contribution in [-0.4, -0.2) is 29.1 Å². The third-order valence-electron chi connectivity index (χ3n) is 4.40. The first-order chi connectivity index (χ1) is 13.9. The van der Waals surface area contributed by atoms with Crippen LogP contribution in [0.15, 0.2) is 48.5 Å². The number of ketones is 1. The number of amides is 2. The van der Waals surface area contributed by atoms with Crippen LogP contribution in [0.25, 0.3) is 0 Å². The van der Waals surface area contributed by atoms with Gasteiger partial charge in [-0.25, -0.2) is 0 Å². The van der Waals surface area contributed by atoms with Crippen molar-refractivity contribution < 1.29 is 14.4 Å². The van der Waals surface area contributed by atoms with Gasteiger partial charge >= 0.3 is 0 Å². The van der Waals surface area contributed by atoms with Crippen molar-refractivity contribution in [3.8, 4) is 0 Å². The Morgan fingerprint density at radius 2 is 2.00 bits per heavy atom. The fourth-order valence-corrected chi connectivity index (χ4v) is 4.28. The normalized spacial score (nSPS) is 18.8. The van der Waals surface area contributed by atoms with Gasteiger partial charge in [0.05, 0.1) is 0 Å². The summed E-state index contributed by atoms with van der Waals surface area (Å²) in [5.41, 5.74) is 1.88. The molecule has 1 fully saturated rings. The molecular weight excluding hydrogens is 410 g/mol. The molecule has 0 aromatic heterocycles. The van der Waals surface area contributed by atoms with E-state index >= 15 is 0 Å². The van der Waals surface area contributed by atoms with Crippen LogP contribution in [-0.2, 0) is 15.3 Å². The van der Waals surface area contributed by atoms with Crippen molar-refractivity contribution in [3.63, 3.8) is 0 Å². The number of rotatable bonds is 7. The molecule has 3 rings (SSSR count). The van der Waals surface area contributed by atoms with Crippen LogP contribution in [0.4, 0.5) is 5.69 Å². The third kappa shape index (κ3) is 6.59. The molecule has 3 N–H and O–H groups in total. The molecule has 8 heteroatoms. The summed E-state index contributed by atoms with van der Waals surface area (Å²) in [7, 11) is 0. The van der Waals surface area contributed by atoms with E-state index in [0.717, 1.165) is 5.56 Å². The van der Waals surface area contributed by atoms with Crippen molar-refractivity contribution in [2.45, 2.75) is 37.1 Å². The summed E-state index contributed by atoms with van der Waals surface area (Å²) in [5.74, 6) is 0.307. The van der Waals surface area contributed by atoms with Gasteiger partial charge in [0.1, 0.15) is 5.50 Å². The molecule has 1 aliphatic heterocycles. The number of carbonyl (C=O) groups is 3. The summed E-state index contributed by atoms with van der Waals surface area (Å²) in [4.78, 5) is 35.9. The molecule has 152 valence electrons. The summed E-state index contributed by atoms with van der Waals surface area (Å²) >= 11 is 7.54. The molecule has 1 aliphatic rings. The van der Waals surface area contributed by atoms with Crippen LogP contribution in [0, 0.1) is 0 Å². The first-order valence-corrected chi connectivity index (χ1v) is 10.6. The number of nitrogens with one attached hydrogen (secondary N) is 3. The van der Waals surface area contributed by atoms with E-state index in [-0.39, 0.29) is 42.0 Å². The van der Waals surface area contributed by atoms with E-state index in [0.29, 0.717) is 22.0 Å². The highest BCUT2D eigenvalue weighted by Crippen LogP contribution is 2.21. The molecule has 0 spiro atoms. The molecule has 1 heterocycles. The van der Waals surface area contributed by atoms with Gasteiger partial charge in [-0.2, -0.15) is 0 Å². The lowest BCUT2D eigenvalue weighted by atomic mass is 10.1. The summed E-state index contributed by atoms with van der Waals surface area (Å²) in [5, 5.41) is 9.65. The molecule has 2 aromatic rings. The Bertz CT molecular complexity index is 922. The molecule has 2 atom stereocenters. The fraction of sp³-hybridized carbons (Fsp3) is 0.286. The number of hydrogen-bond donors (Lipinski definition) is 3. The minimum absolute atomic E-state index is 0.0636. The first-order valence-electron chi connectivity index (χ1n) is 9.21. The second kappa shape index (κ2) is 9.91. The van der Waals surface area contributed by atoms with E-state index < -0.39 is 0 Å². The summed E-state index contributed by atoms with van der Waals surface area (Å²) in [6.07, 6.45) is 0.390. The molecule has 2 amide bonds. The lowest BCUT2D eigenvalue weighted by molar-refractivity contribution is -0.124. The number of hydrogen-bond acceptors (Lipinski definition) is 5. The molecule has 6 nitrogen and oxygen atoms in total. The summed E-state index contributed by atoms with van der Waals surface area (Å²) < 4.78 is 0. The lowest BCUT2D eigenvalue weighted by Crippen LogP contribution is -2.55. The number of benzene rings is 2. The summed E-state index contributed by atoms with van der Waals surface area (Å²) in [6.45, 7) is 1.48. The molecule has 0 aliphatic carbocycles. The second-order valence-electron chi connectivity index (χ2n) is 6.85. The van der Waals surface area contributed by atoms with Crippen molar-refractivity contribution in [1.82, 2.24) is 10.6 Å². The molecule has 0 radical (unpaired) electrons. The molecular formula is C21H22ClN3O3S. The van der Waals surface area contributed by atoms with E-state index in [9.17, 15) is 14.4 Å². The van der Waals surface area contributed by atoms with Gasteiger partial charge in [0, 0.05) is 40.9 Å². The topological polar surface area (TPSA) is 87.3 Å². The predicted molar refractivity (Wildman–Crippen MR) is 116 cm³/mol. The van der Waals surface area contributed by atoms with Crippen LogP contribution >= 0.6 is 23.4 Å². The maximum Gasteiger partial charge on any atom is 0.225 e. The molecule has 0 bridgehead atoms. The van der Waals surface area contributed by atoms with E-state index in [1.165, 1.54) is 18.7 Å². The zero-order valence-electron chi connectivity index (χ0n) is 15.9. The monoisotopic (exact) mass is 431 g/mol. The van der Waals surface area contributed by atoms with Gasteiger partial charge in [0.2, 0.25) is 11.8 Å². The summed E-state index contributed by atoms with van der Waals surface area (Å²) in [6, 6.07) is 14.1. The molecule has 2 unspecified atom stereocenters. The Balaban J connectivity index is 1.53. The van der Waals surface area contributed by atoms with Crippen LogP contribution in [0.1, 0.15) is 35.7 Å². The van der Waals surface area contributed by atoms with Crippen molar-refractivity contribution >= 4 is 46.6 Å². The number of thioether (sulfide) groups is 1. The third-order valence-corrected chi connectivity index (χ3v) is 5.72. The van der Waals surface area contributed by atoms with E-state index in [4.69, 9.17) is 11.6 Å². The van der Waals surface area contributed by atoms with E-state index in [1.54, 1.807) is 24.3 Å². The largest absolute Gasteiger partial charge is 0.332 e. The Hall–Kier alpha value is -2.35. The molecule has 29 heavy (non-hydrogen) atoms. The zero-order valence-corrected chi connectivity index (χ0v) is 17.5. The van der Waals surface area contributed by atoms with Gasteiger partial charge in [0.25, 0.3) is 0 Å². The Labute approximate surface area is 178 Å². The average molecular weight is 432 g/mol. The van der Waals surface area contributed by atoms with Crippen LogP contribution in [0.2, 0.25) is 5.02 Å². The fourth-order valence-electron chi connectivity index (χ4n) is 3.02. The van der Waals surface area contributed by atoms with Gasteiger partial charge < -0.3 is 10.6 Å². The highest BCUT2D eigenvalue weighted by Gasteiger charge is 2.27. The zero-order chi connectivity index (χ0) is 20.8. The quantitative estimate of drug-likeness (QED) is 0.583. The molecule has 1 saturated heterocycles. The smallest absolute Gasteiger partial charge is 0.225 e. The highest BCUT2D eigenvalue weighted by molar-refractivity contribution is 7.99. The number of Topliss-reactive ketones (excluding diaryl/α,β-unsaturated/α-hetero) is 1. The minimum Gasteiger partial charge on any atom is -0.332 e. The average Bonchev–Trinajstić information content (AvgIpc) is 2.66. The standard InChI is InChI=1S/C21H22ClN3O3S/c1-13(26)15-5-3-7-17(9-15)23-19(27)10-18-11-20(28)25-21(24-18)29-12-14-4-2-6-16(22)8-14/h2-9,18,21,24H,10-12H2,1H3,(H,23,27)(H,25,28). The lowest BCUT2D eigenvalue weighted by Gasteiger charge is -2.31. The first kappa shape index (κ1) is 21.4. The van der Waals surface area contributed by atoms with Gasteiger partial charge in [0.15, 0.2) is 5.78 Å². The van der Waals surface area contributed by atoms with Gasteiger partial charge in [-0.05, 0) is 36.8 Å². The second-order valence-corrected chi connectivity index (χ2v) is 8.38. The Morgan fingerprint density at radius 1 is 1.21 bits per heavy atom. The Kier molecular flexibility index (Phi) is 7.30. The van der Waals surface area contributed by atoms with Crippen molar-refractivity contribution in [2.24, 2.45) is 0 Å². The van der Waals surface area contributed by atoms with Crippen LogP contribution < -0.4 is 16.0 Å². The SMILES string of the molecule is CC(=O)c1cccc(NC(=O)CC2CC(=O)NC(SCc3cccc(Cl)c3)N2)c1. The van der Waals surface area contributed by atoms with Crippen molar-refractivity contribution in [1.29, 1.82) is 0 Å². The van der Waals surface area contributed by atoms with E-state index in [2.05, 4.69) is 16.0 Å². The van der Waals surface area contributed by atoms with Gasteiger partial charge in [-0.15, -0.1) is 11.8 Å². The molecule has 2 aromatic carbocycles. The van der Waals surface area contributed by atoms with E-state index in [1.807, 2.05) is 24.3 Å². The Morgan fingerprint density at radius 3 is 2.76 bits per heavy atom. The number of carbonyl (C=O) groups excluding carboxylic acids is 3. The van der Waals surface area contributed by atoms with Crippen molar-refractivity contribution in [2.75, 3.05) is 5.32 Å². The minimum atomic E-state index is -0.283. The van der Waals surface area contributed by atoms with Gasteiger partial charge in [-0.3, -0.25) is 19.7 Å². The predicted octanol–water partition coefficient (Wildman–Crippen LogP) is 3.57. The highest BCUT2D eigenvalue weighted by atomic mass is 35.5. The van der Waals surface area contributed by atoms with Crippen LogP contribution in [0.5, 0.6) is 0 Å². The maximum absolute atomic E-state index is 12.4. The van der Waals surface area contributed by atoms with Crippen molar-refractivity contribution in [3.05, 3.63) is 64.7 Å².